The van der Waals surface area contributed by atoms with Gasteiger partial charge in [-0.15, -0.1) is 0 Å². The number of rotatable bonds is 4. The van der Waals surface area contributed by atoms with Crippen LogP contribution in [0, 0.1) is 13.8 Å². The second kappa shape index (κ2) is 6.00. The van der Waals surface area contributed by atoms with Gasteiger partial charge in [0.15, 0.2) is 0 Å². The first-order chi connectivity index (χ1) is 10.9. The maximum absolute atomic E-state index is 15.0. The second-order valence-corrected chi connectivity index (χ2v) is 7.16. The van der Waals surface area contributed by atoms with Crippen LogP contribution >= 0.6 is 0 Å². The summed E-state index contributed by atoms with van der Waals surface area (Å²) in [4.78, 5) is 10.9. The summed E-state index contributed by atoms with van der Waals surface area (Å²) in [6.07, 6.45) is 0. The molecule has 8 heteroatoms. The summed E-state index contributed by atoms with van der Waals surface area (Å²) in [6, 6.07) is 0. The molecule has 1 aliphatic rings. The smallest absolute Gasteiger partial charge is 0.480 e. The maximum atomic E-state index is 15.0. The molecule has 0 bridgehead atoms. The molecule has 0 atom stereocenters. The second-order valence-electron chi connectivity index (χ2n) is 7.16. The molecule has 0 spiro atoms. The fourth-order valence-corrected chi connectivity index (χ4v) is 2.76. The molecule has 2 rings (SSSR count). The van der Waals surface area contributed by atoms with Gasteiger partial charge in [0.25, 0.3) is 0 Å². The van der Waals surface area contributed by atoms with E-state index in [1.807, 2.05) is 27.7 Å². The van der Waals surface area contributed by atoms with Crippen LogP contribution in [0.25, 0.3) is 5.57 Å². The van der Waals surface area contributed by atoms with Crippen LogP contribution in [-0.2, 0) is 20.6 Å². The first-order valence-corrected chi connectivity index (χ1v) is 7.85. The molecule has 1 fully saturated rings. The van der Waals surface area contributed by atoms with Crippen LogP contribution in [0.5, 0.6) is 0 Å². The Kier molecular flexibility index (Phi) is 4.67. The summed E-state index contributed by atoms with van der Waals surface area (Å²) < 4.78 is 27.8. The van der Waals surface area contributed by atoms with Gasteiger partial charge in [-0.3, -0.25) is 9.48 Å². The lowest BCUT2D eigenvalue weighted by atomic mass is 9.83. The first kappa shape index (κ1) is 18.7. The molecular formula is C16H24BFN2O4. The number of aliphatic carboxylic acids is 1. The third-order valence-electron chi connectivity index (χ3n) is 4.86. The van der Waals surface area contributed by atoms with E-state index in [1.165, 1.54) is 4.68 Å². The molecule has 1 saturated heterocycles. The number of carboxylic acids is 1. The van der Waals surface area contributed by atoms with Gasteiger partial charge in [0.2, 0.25) is 0 Å². The predicted octanol–water partition coefficient (Wildman–Crippen LogP) is 2.92. The molecule has 1 aromatic rings. The number of hydrogen-bond donors (Lipinski definition) is 1. The summed E-state index contributed by atoms with van der Waals surface area (Å²) in [6.45, 7) is 12.2. The Morgan fingerprint density at radius 1 is 1.25 bits per heavy atom. The highest BCUT2D eigenvalue weighted by Gasteiger charge is 2.53. The Morgan fingerprint density at radius 2 is 1.75 bits per heavy atom. The minimum absolute atomic E-state index is 0.266. The minimum atomic E-state index is -1.09. The normalized spacial score (nSPS) is 20.2. The highest BCUT2D eigenvalue weighted by atomic mass is 19.1. The molecule has 2 heterocycles. The molecule has 0 amide bonds. The highest BCUT2D eigenvalue weighted by molar-refractivity contribution is 6.55. The van der Waals surface area contributed by atoms with Gasteiger partial charge in [0.05, 0.1) is 16.9 Å². The van der Waals surface area contributed by atoms with Crippen molar-refractivity contribution >= 4 is 18.7 Å². The van der Waals surface area contributed by atoms with E-state index in [9.17, 15) is 9.18 Å². The molecule has 132 valence electrons. The zero-order chi connectivity index (χ0) is 18.4. The van der Waals surface area contributed by atoms with Gasteiger partial charge < -0.3 is 14.4 Å². The summed E-state index contributed by atoms with van der Waals surface area (Å²) in [5, 5.41) is 13.1. The Labute approximate surface area is 141 Å². The van der Waals surface area contributed by atoms with Gasteiger partial charge >= 0.3 is 13.1 Å². The molecule has 0 unspecified atom stereocenters. The lowest BCUT2D eigenvalue weighted by Crippen LogP contribution is -2.41. The van der Waals surface area contributed by atoms with Crippen molar-refractivity contribution in [2.24, 2.45) is 0 Å². The Balaban J connectivity index is 2.41. The van der Waals surface area contributed by atoms with Gasteiger partial charge in [-0.05, 0) is 54.0 Å². The van der Waals surface area contributed by atoms with Crippen molar-refractivity contribution in [1.29, 1.82) is 0 Å². The number of aryl methyl sites for hydroxylation is 1. The molecule has 1 aromatic heterocycles. The van der Waals surface area contributed by atoms with Crippen molar-refractivity contribution in [1.82, 2.24) is 9.78 Å². The van der Waals surface area contributed by atoms with E-state index in [-0.39, 0.29) is 6.54 Å². The average Bonchev–Trinajstić information content (AvgIpc) is 2.81. The van der Waals surface area contributed by atoms with Crippen LogP contribution < -0.4 is 0 Å². The SMILES string of the molecule is CC(=C(F)B1OC(C)(C)C(C)(C)O1)c1c(C)nn(CC(=O)O)c1C. The summed E-state index contributed by atoms with van der Waals surface area (Å²) >= 11 is 0. The van der Waals surface area contributed by atoms with Gasteiger partial charge in [-0.25, -0.2) is 4.39 Å². The van der Waals surface area contributed by atoms with Crippen LogP contribution in [-0.4, -0.2) is 39.2 Å². The lowest BCUT2D eigenvalue weighted by Gasteiger charge is -2.32. The van der Waals surface area contributed by atoms with Crippen LogP contribution in [0.3, 0.4) is 0 Å². The number of carbonyl (C=O) groups is 1. The minimum Gasteiger partial charge on any atom is -0.480 e. The van der Waals surface area contributed by atoms with Crippen LogP contribution in [0.15, 0.2) is 5.73 Å². The maximum Gasteiger partial charge on any atom is 0.525 e. The molecular weight excluding hydrogens is 314 g/mol. The van der Waals surface area contributed by atoms with Gasteiger partial charge in [-0.1, -0.05) is 0 Å². The summed E-state index contributed by atoms with van der Waals surface area (Å²) in [5.41, 5.74) is 0.315. The Bertz CT molecular complexity index is 693. The number of allylic oxidation sites excluding steroid dienone is 1. The van der Waals surface area contributed by atoms with E-state index in [2.05, 4.69) is 5.10 Å². The van der Waals surface area contributed by atoms with Gasteiger partial charge in [-0.2, -0.15) is 5.10 Å². The van der Waals surface area contributed by atoms with E-state index < -0.39 is 30.0 Å². The highest BCUT2D eigenvalue weighted by Crippen LogP contribution is 2.40. The quantitative estimate of drug-likeness (QED) is 0.855. The molecule has 6 nitrogen and oxygen atoms in total. The predicted molar refractivity (Wildman–Crippen MR) is 89.1 cm³/mol. The Morgan fingerprint density at radius 3 is 2.21 bits per heavy atom. The van der Waals surface area contributed by atoms with E-state index in [1.54, 1.807) is 20.8 Å². The fraction of sp³-hybridized carbons (Fsp3) is 0.625. The van der Waals surface area contributed by atoms with Crippen molar-refractivity contribution in [3.05, 3.63) is 22.7 Å². The zero-order valence-electron chi connectivity index (χ0n) is 15.2. The number of hydrogen-bond acceptors (Lipinski definition) is 4. The molecule has 24 heavy (non-hydrogen) atoms. The summed E-state index contributed by atoms with van der Waals surface area (Å²) in [7, 11) is -1.09. The molecule has 1 N–H and O–H groups in total. The van der Waals surface area contributed by atoms with E-state index in [4.69, 9.17) is 14.4 Å². The molecule has 0 aromatic carbocycles. The molecule has 0 saturated carbocycles. The van der Waals surface area contributed by atoms with Crippen molar-refractivity contribution < 1.29 is 23.6 Å². The van der Waals surface area contributed by atoms with E-state index >= 15 is 0 Å². The van der Waals surface area contributed by atoms with E-state index in [0.29, 0.717) is 22.5 Å². The molecule has 1 aliphatic heterocycles. The number of carboxylic acid groups (broad SMARTS) is 1. The monoisotopic (exact) mass is 338 g/mol. The summed E-state index contributed by atoms with van der Waals surface area (Å²) in [5.74, 6) is -1.000. The van der Waals surface area contributed by atoms with Crippen LogP contribution in [0.1, 0.15) is 51.6 Å². The van der Waals surface area contributed by atoms with Crippen molar-refractivity contribution in [2.45, 2.75) is 66.2 Å². The van der Waals surface area contributed by atoms with Crippen molar-refractivity contribution in [3.8, 4) is 0 Å². The van der Waals surface area contributed by atoms with Crippen molar-refractivity contribution in [3.63, 3.8) is 0 Å². The van der Waals surface area contributed by atoms with Crippen LogP contribution in [0.2, 0.25) is 0 Å². The fourth-order valence-electron chi connectivity index (χ4n) is 2.76. The third kappa shape index (κ3) is 3.12. The topological polar surface area (TPSA) is 73.6 Å². The standard InChI is InChI=1S/C16H24BFN2O4/c1-9(13-10(2)19-20(11(13)3)8-12(21)22)14(18)17-23-15(4,5)16(6,7)24-17/h8H2,1-7H3,(H,21,22). The molecule has 0 aliphatic carbocycles. The van der Waals surface area contributed by atoms with Gasteiger partial charge in [0.1, 0.15) is 12.3 Å². The number of halogens is 1. The van der Waals surface area contributed by atoms with E-state index in [0.717, 1.165) is 0 Å². The Hall–Kier alpha value is -1.67. The first-order valence-electron chi connectivity index (χ1n) is 7.85. The van der Waals surface area contributed by atoms with Gasteiger partial charge in [0, 0.05) is 11.3 Å². The average molecular weight is 338 g/mol. The van der Waals surface area contributed by atoms with Crippen LogP contribution in [0.4, 0.5) is 4.39 Å². The van der Waals surface area contributed by atoms with Crippen molar-refractivity contribution in [2.75, 3.05) is 0 Å². The largest absolute Gasteiger partial charge is 0.525 e. The third-order valence-corrected chi connectivity index (χ3v) is 4.86. The molecule has 0 radical (unpaired) electrons. The number of nitrogens with zero attached hydrogens (tertiary/aromatic N) is 2. The zero-order valence-corrected chi connectivity index (χ0v) is 15.2. The lowest BCUT2D eigenvalue weighted by molar-refractivity contribution is -0.137. The number of aromatic nitrogens is 2.